The van der Waals surface area contributed by atoms with Crippen molar-refractivity contribution in [3.8, 4) is 0 Å². The minimum atomic E-state index is -0.502. The van der Waals surface area contributed by atoms with Gasteiger partial charge in [-0.3, -0.25) is 0 Å². The summed E-state index contributed by atoms with van der Waals surface area (Å²) in [6.45, 7) is 4.24. The second-order valence-corrected chi connectivity index (χ2v) is 5.47. The minimum absolute atomic E-state index is 0.294. The van der Waals surface area contributed by atoms with Gasteiger partial charge in [0, 0.05) is 11.1 Å². The molecule has 4 heteroatoms. The first-order chi connectivity index (χ1) is 9.56. The van der Waals surface area contributed by atoms with E-state index in [1.54, 1.807) is 43.3 Å². The van der Waals surface area contributed by atoms with E-state index in [-0.39, 0.29) is 11.6 Å². The molecule has 0 aliphatic rings. The molecule has 0 bridgehead atoms. The predicted octanol–water partition coefficient (Wildman–Crippen LogP) is 4.73. The Labute approximate surface area is 126 Å². The molecule has 20 heavy (non-hydrogen) atoms. The van der Waals surface area contributed by atoms with Crippen LogP contribution in [-0.2, 0) is 0 Å². The third kappa shape index (κ3) is 2.91. The Kier molecular flexibility index (Phi) is 4.89. The van der Waals surface area contributed by atoms with Gasteiger partial charge in [0.25, 0.3) is 0 Å². The van der Waals surface area contributed by atoms with Crippen molar-refractivity contribution in [3.05, 3.63) is 69.2 Å². The molecule has 0 saturated carbocycles. The van der Waals surface area contributed by atoms with Gasteiger partial charge in [0.15, 0.2) is 0 Å². The van der Waals surface area contributed by atoms with E-state index in [4.69, 9.17) is 0 Å². The molecule has 1 atom stereocenters. The molecule has 1 N–H and O–H groups in total. The Balaban J connectivity index is 2.56. The maximum absolute atomic E-state index is 14.3. The fourth-order valence-corrected chi connectivity index (χ4v) is 2.61. The quantitative estimate of drug-likeness (QED) is 0.848. The molecule has 2 rings (SSSR count). The van der Waals surface area contributed by atoms with Crippen LogP contribution in [-0.4, -0.2) is 6.54 Å². The van der Waals surface area contributed by atoms with Crippen molar-refractivity contribution in [1.82, 2.24) is 5.32 Å². The first kappa shape index (κ1) is 15.1. The molecule has 0 aliphatic carbocycles. The van der Waals surface area contributed by atoms with Gasteiger partial charge in [-0.05, 0) is 41.0 Å². The summed E-state index contributed by atoms with van der Waals surface area (Å²) in [5, 5.41) is 3.15. The first-order valence-electron chi connectivity index (χ1n) is 6.48. The first-order valence-corrected chi connectivity index (χ1v) is 7.27. The standard InChI is InChI=1S/C16H16BrF2N/c1-3-20-16(11-7-4-6-10(2)14(11)18)12-8-5-9-13(17)15(12)19/h4-9,16,20H,3H2,1-2H3. The van der Waals surface area contributed by atoms with Crippen LogP contribution in [0, 0.1) is 18.6 Å². The second-order valence-electron chi connectivity index (χ2n) is 4.61. The SMILES string of the molecule is CCNC(c1cccc(C)c1F)c1cccc(Br)c1F. The van der Waals surface area contributed by atoms with E-state index in [9.17, 15) is 8.78 Å². The molecule has 0 fully saturated rings. The zero-order valence-electron chi connectivity index (χ0n) is 11.4. The summed E-state index contributed by atoms with van der Waals surface area (Å²) in [5.41, 5.74) is 1.45. The molecule has 106 valence electrons. The lowest BCUT2D eigenvalue weighted by molar-refractivity contribution is 0.525. The van der Waals surface area contributed by atoms with Crippen molar-refractivity contribution in [1.29, 1.82) is 0 Å². The van der Waals surface area contributed by atoms with Gasteiger partial charge in [0.05, 0.1) is 10.5 Å². The molecule has 0 spiro atoms. The Morgan fingerprint density at radius 1 is 1.05 bits per heavy atom. The van der Waals surface area contributed by atoms with Crippen molar-refractivity contribution in [3.63, 3.8) is 0 Å². The number of benzene rings is 2. The van der Waals surface area contributed by atoms with E-state index < -0.39 is 6.04 Å². The van der Waals surface area contributed by atoms with Gasteiger partial charge in [0.2, 0.25) is 0 Å². The van der Waals surface area contributed by atoms with Gasteiger partial charge in [-0.25, -0.2) is 8.78 Å². The lowest BCUT2D eigenvalue weighted by atomic mass is 9.96. The maximum atomic E-state index is 14.3. The molecule has 0 aliphatic heterocycles. The predicted molar refractivity (Wildman–Crippen MR) is 80.8 cm³/mol. The highest BCUT2D eigenvalue weighted by Gasteiger charge is 2.21. The molecular formula is C16H16BrF2N. The monoisotopic (exact) mass is 339 g/mol. The molecule has 0 aromatic heterocycles. The number of aryl methyl sites for hydroxylation is 1. The van der Waals surface area contributed by atoms with Crippen molar-refractivity contribution < 1.29 is 8.78 Å². The van der Waals surface area contributed by atoms with Crippen LogP contribution < -0.4 is 5.32 Å². The van der Waals surface area contributed by atoms with Gasteiger partial charge in [-0.1, -0.05) is 37.3 Å². The summed E-state index contributed by atoms with van der Waals surface area (Å²) in [6, 6.07) is 9.74. The van der Waals surface area contributed by atoms with Crippen LogP contribution in [0.1, 0.15) is 29.7 Å². The molecule has 0 saturated heterocycles. The molecule has 1 unspecified atom stereocenters. The molecule has 0 radical (unpaired) electrons. The van der Waals surface area contributed by atoms with E-state index in [1.165, 1.54) is 0 Å². The van der Waals surface area contributed by atoms with E-state index in [0.29, 0.717) is 27.7 Å². The average Bonchev–Trinajstić information content (AvgIpc) is 2.43. The van der Waals surface area contributed by atoms with Gasteiger partial charge < -0.3 is 5.32 Å². The largest absolute Gasteiger partial charge is 0.306 e. The normalized spacial score (nSPS) is 12.4. The Hall–Kier alpha value is -1.26. The van der Waals surface area contributed by atoms with E-state index >= 15 is 0 Å². The summed E-state index contributed by atoms with van der Waals surface area (Å²) in [4.78, 5) is 0. The van der Waals surface area contributed by atoms with Crippen LogP contribution in [0.3, 0.4) is 0 Å². The van der Waals surface area contributed by atoms with Gasteiger partial charge in [0.1, 0.15) is 11.6 Å². The molecule has 0 heterocycles. The number of rotatable bonds is 4. The van der Waals surface area contributed by atoms with Crippen LogP contribution in [0.5, 0.6) is 0 Å². The number of hydrogen-bond acceptors (Lipinski definition) is 1. The fourth-order valence-electron chi connectivity index (χ4n) is 2.23. The van der Waals surface area contributed by atoms with Crippen molar-refractivity contribution in [2.45, 2.75) is 19.9 Å². The summed E-state index contributed by atoms with van der Waals surface area (Å²) in [7, 11) is 0. The minimum Gasteiger partial charge on any atom is -0.306 e. The van der Waals surface area contributed by atoms with Gasteiger partial charge >= 0.3 is 0 Å². The number of halogens is 3. The fraction of sp³-hybridized carbons (Fsp3) is 0.250. The average molecular weight is 340 g/mol. The maximum Gasteiger partial charge on any atom is 0.142 e. The van der Waals surface area contributed by atoms with Gasteiger partial charge in [-0.15, -0.1) is 0 Å². The molecular weight excluding hydrogens is 324 g/mol. The van der Waals surface area contributed by atoms with Crippen LogP contribution in [0.2, 0.25) is 0 Å². The molecule has 1 nitrogen and oxygen atoms in total. The summed E-state index contributed by atoms with van der Waals surface area (Å²) in [6.07, 6.45) is 0. The van der Waals surface area contributed by atoms with Crippen molar-refractivity contribution in [2.24, 2.45) is 0 Å². The number of hydrogen-bond donors (Lipinski definition) is 1. The Morgan fingerprint density at radius 3 is 2.30 bits per heavy atom. The third-order valence-electron chi connectivity index (χ3n) is 3.23. The zero-order valence-corrected chi connectivity index (χ0v) is 13.0. The highest BCUT2D eigenvalue weighted by atomic mass is 79.9. The third-order valence-corrected chi connectivity index (χ3v) is 3.85. The molecule has 2 aromatic carbocycles. The summed E-state index contributed by atoms with van der Waals surface area (Å²) in [5.74, 6) is -0.655. The zero-order chi connectivity index (χ0) is 14.7. The van der Waals surface area contributed by atoms with Crippen molar-refractivity contribution >= 4 is 15.9 Å². The number of nitrogens with one attached hydrogen (secondary N) is 1. The van der Waals surface area contributed by atoms with E-state index in [0.717, 1.165) is 0 Å². The van der Waals surface area contributed by atoms with Crippen LogP contribution in [0.15, 0.2) is 40.9 Å². The van der Waals surface area contributed by atoms with Gasteiger partial charge in [-0.2, -0.15) is 0 Å². The van der Waals surface area contributed by atoms with Crippen LogP contribution in [0.25, 0.3) is 0 Å². The Morgan fingerprint density at radius 2 is 1.65 bits per heavy atom. The highest BCUT2D eigenvalue weighted by Crippen LogP contribution is 2.30. The van der Waals surface area contributed by atoms with E-state index in [2.05, 4.69) is 21.2 Å². The molecule has 0 amide bonds. The second kappa shape index (κ2) is 6.46. The molecule has 2 aromatic rings. The van der Waals surface area contributed by atoms with E-state index in [1.807, 2.05) is 6.92 Å². The topological polar surface area (TPSA) is 12.0 Å². The Bertz CT molecular complexity index is 562. The highest BCUT2D eigenvalue weighted by molar-refractivity contribution is 9.10. The summed E-state index contributed by atoms with van der Waals surface area (Å²) >= 11 is 3.17. The van der Waals surface area contributed by atoms with Crippen molar-refractivity contribution in [2.75, 3.05) is 6.54 Å². The van der Waals surface area contributed by atoms with Crippen LogP contribution in [0.4, 0.5) is 8.78 Å². The lowest BCUT2D eigenvalue weighted by Gasteiger charge is -2.21. The lowest BCUT2D eigenvalue weighted by Crippen LogP contribution is -2.24. The van der Waals surface area contributed by atoms with Crippen LogP contribution >= 0.6 is 15.9 Å². The smallest absolute Gasteiger partial charge is 0.142 e. The summed E-state index contributed by atoms with van der Waals surface area (Å²) < 4.78 is 29.0.